The van der Waals surface area contributed by atoms with E-state index >= 15 is 0 Å². The first-order valence-corrected chi connectivity index (χ1v) is 10.9. The summed E-state index contributed by atoms with van der Waals surface area (Å²) in [6.07, 6.45) is 5.16. The lowest BCUT2D eigenvalue weighted by atomic mass is 10.0. The molecule has 0 spiro atoms. The molecule has 9 heteroatoms. The van der Waals surface area contributed by atoms with Gasteiger partial charge in [0.1, 0.15) is 6.33 Å². The van der Waals surface area contributed by atoms with E-state index in [1.54, 1.807) is 17.2 Å². The fraction of sp³-hybridized carbons (Fsp3) is 0.435. The van der Waals surface area contributed by atoms with Crippen LogP contribution >= 0.6 is 0 Å². The number of hydrogen-bond acceptors (Lipinski definition) is 7. The van der Waals surface area contributed by atoms with Crippen LogP contribution in [0.3, 0.4) is 0 Å². The summed E-state index contributed by atoms with van der Waals surface area (Å²) in [7, 11) is 0. The summed E-state index contributed by atoms with van der Waals surface area (Å²) in [5.41, 5.74) is 5.25. The van der Waals surface area contributed by atoms with Crippen molar-refractivity contribution in [3.63, 3.8) is 0 Å². The van der Waals surface area contributed by atoms with Gasteiger partial charge in [0.25, 0.3) is 5.91 Å². The molecule has 9 nitrogen and oxygen atoms in total. The van der Waals surface area contributed by atoms with Gasteiger partial charge in [-0.05, 0) is 44.9 Å². The summed E-state index contributed by atoms with van der Waals surface area (Å²) in [4.78, 5) is 23.7. The van der Waals surface area contributed by atoms with Crippen LogP contribution in [0.2, 0.25) is 0 Å². The fourth-order valence-corrected chi connectivity index (χ4v) is 3.69. The molecule has 3 heterocycles. The quantitative estimate of drug-likeness (QED) is 0.634. The monoisotopic (exact) mass is 434 g/mol. The van der Waals surface area contributed by atoms with Crippen molar-refractivity contribution in [2.24, 2.45) is 0 Å². The zero-order chi connectivity index (χ0) is 22.7. The van der Waals surface area contributed by atoms with E-state index in [-0.39, 0.29) is 11.4 Å². The number of carbonyl (C=O) groups excluding carboxylic acids is 1. The average Bonchev–Trinajstić information content (AvgIpc) is 3.30. The Labute approximate surface area is 188 Å². The number of amides is 1. The Hall–Kier alpha value is -3.33. The molecule has 0 unspecified atom stereocenters. The van der Waals surface area contributed by atoms with Gasteiger partial charge in [0.2, 0.25) is 0 Å². The van der Waals surface area contributed by atoms with E-state index in [2.05, 4.69) is 47.9 Å². The molecule has 2 N–H and O–H groups in total. The maximum atomic E-state index is 12.5. The Bertz CT molecular complexity index is 1100. The summed E-state index contributed by atoms with van der Waals surface area (Å²) < 4.78 is 1.69. The summed E-state index contributed by atoms with van der Waals surface area (Å²) >= 11 is 0. The van der Waals surface area contributed by atoms with Crippen LogP contribution in [0.5, 0.6) is 0 Å². The Morgan fingerprint density at radius 2 is 2.00 bits per heavy atom. The van der Waals surface area contributed by atoms with E-state index in [0.717, 1.165) is 54.3 Å². The van der Waals surface area contributed by atoms with Crippen LogP contribution in [0, 0.1) is 6.92 Å². The molecular weight excluding hydrogens is 404 g/mol. The van der Waals surface area contributed by atoms with E-state index in [1.165, 1.54) is 0 Å². The molecular formula is C23H30N8O. The van der Waals surface area contributed by atoms with E-state index in [4.69, 9.17) is 0 Å². The number of carbonyl (C=O) groups is 1. The van der Waals surface area contributed by atoms with Gasteiger partial charge in [-0.3, -0.25) is 4.79 Å². The maximum absolute atomic E-state index is 12.5. The molecule has 1 aliphatic rings. The summed E-state index contributed by atoms with van der Waals surface area (Å²) in [6.45, 7) is 12.3. The Morgan fingerprint density at radius 3 is 2.69 bits per heavy atom. The van der Waals surface area contributed by atoms with Crippen molar-refractivity contribution in [3.8, 4) is 11.3 Å². The first-order valence-electron chi connectivity index (χ1n) is 10.9. The minimum absolute atomic E-state index is 0.220. The van der Waals surface area contributed by atoms with Gasteiger partial charge in [0.05, 0.1) is 29.3 Å². The Balaban J connectivity index is 1.47. The summed E-state index contributed by atoms with van der Waals surface area (Å²) in [5.74, 6) is -0.235. The van der Waals surface area contributed by atoms with Gasteiger partial charge >= 0.3 is 0 Å². The normalized spacial score (nSPS) is 14.4. The molecule has 4 rings (SSSR count). The maximum Gasteiger partial charge on any atom is 0.273 e. The number of anilines is 1. The van der Waals surface area contributed by atoms with E-state index in [9.17, 15) is 4.79 Å². The molecule has 0 saturated carbocycles. The van der Waals surface area contributed by atoms with E-state index in [0.29, 0.717) is 12.2 Å². The zero-order valence-corrected chi connectivity index (χ0v) is 19.1. The molecule has 0 bridgehead atoms. The van der Waals surface area contributed by atoms with Gasteiger partial charge in [-0.2, -0.15) is 0 Å². The molecule has 168 valence electrons. The highest BCUT2D eigenvalue weighted by atomic mass is 16.2. The number of aryl methyl sites for hydroxylation is 1. The molecule has 3 aromatic rings. The minimum atomic E-state index is -0.235. The van der Waals surface area contributed by atoms with Crippen LogP contribution in [0.4, 0.5) is 5.69 Å². The molecule has 1 saturated heterocycles. The SMILES string of the molecule is Cc1cc(-c2ncncc2N2CCNCC2)ccc1CNC(=O)c1cn(C(C)(C)C)nn1. The van der Waals surface area contributed by atoms with Gasteiger partial charge in [0.15, 0.2) is 5.69 Å². The largest absolute Gasteiger partial charge is 0.366 e. The summed E-state index contributed by atoms with van der Waals surface area (Å²) in [5, 5.41) is 14.4. The Kier molecular flexibility index (Phi) is 6.18. The second-order valence-corrected chi connectivity index (χ2v) is 9.04. The van der Waals surface area contributed by atoms with Crippen molar-refractivity contribution in [1.82, 2.24) is 35.6 Å². The molecule has 0 radical (unpaired) electrons. The Morgan fingerprint density at radius 1 is 1.22 bits per heavy atom. The number of benzene rings is 1. The number of hydrogen-bond donors (Lipinski definition) is 2. The zero-order valence-electron chi connectivity index (χ0n) is 19.1. The van der Waals surface area contributed by atoms with Gasteiger partial charge in [-0.25, -0.2) is 14.6 Å². The standard InChI is InChI=1S/C23H30N8O/c1-16-11-17(21-20(13-25-15-27-21)30-9-7-24-8-10-30)5-6-18(16)12-26-22(32)19-14-31(29-28-19)23(2,3)4/h5-6,11,13-15,24H,7-10,12H2,1-4H3,(H,26,32). The van der Waals surface area contributed by atoms with Crippen molar-refractivity contribution < 1.29 is 4.79 Å². The fourth-order valence-electron chi connectivity index (χ4n) is 3.69. The van der Waals surface area contributed by atoms with Crippen LogP contribution in [-0.4, -0.2) is 57.0 Å². The van der Waals surface area contributed by atoms with Crippen LogP contribution in [0.1, 0.15) is 42.4 Å². The third kappa shape index (κ3) is 4.77. The third-order valence-corrected chi connectivity index (χ3v) is 5.62. The van der Waals surface area contributed by atoms with Crippen LogP contribution < -0.4 is 15.5 Å². The smallest absolute Gasteiger partial charge is 0.273 e. The molecule has 32 heavy (non-hydrogen) atoms. The lowest BCUT2D eigenvalue weighted by Gasteiger charge is -2.30. The van der Waals surface area contributed by atoms with Gasteiger partial charge < -0.3 is 15.5 Å². The lowest BCUT2D eigenvalue weighted by molar-refractivity contribution is 0.0945. The molecule has 2 aromatic heterocycles. The number of nitrogens with zero attached hydrogens (tertiary/aromatic N) is 6. The highest BCUT2D eigenvalue weighted by Crippen LogP contribution is 2.29. The first-order chi connectivity index (χ1) is 15.3. The predicted molar refractivity (Wildman–Crippen MR) is 123 cm³/mol. The number of piperazine rings is 1. The molecule has 0 atom stereocenters. The average molecular weight is 435 g/mol. The van der Waals surface area contributed by atoms with Crippen LogP contribution in [0.15, 0.2) is 36.9 Å². The van der Waals surface area contributed by atoms with Crippen molar-refractivity contribution >= 4 is 11.6 Å². The molecule has 1 aromatic carbocycles. The van der Waals surface area contributed by atoms with Crippen molar-refractivity contribution in [2.45, 2.75) is 39.8 Å². The van der Waals surface area contributed by atoms with Crippen LogP contribution in [-0.2, 0) is 12.1 Å². The van der Waals surface area contributed by atoms with Crippen molar-refractivity contribution in [2.75, 3.05) is 31.1 Å². The second-order valence-electron chi connectivity index (χ2n) is 9.04. The van der Waals surface area contributed by atoms with Gasteiger partial charge in [0, 0.05) is 38.3 Å². The van der Waals surface area contributed by atoms with Gasteiger partial charge in [-0.15, -0.1) is 5.10 Å². The number of nitrogens with one attached hydrogen (secondary N) is 2. The van der Waals surface area contributed by atoms with Crippen molar-refractivity contribution in [3.05, 3.63) is 53.7 Å². The van der Waals surface area contributed by atoms with E-state index < -0.39 is 0 Å². The molecule has 0 aliphatic carbocycles. The van der Waals surface area contributed by atoms with Gasteiger partial charge in [-0.1, -0.05) is 17.3 Å². The second kappa shape index (κ2) is 9.04. The molecule has 1 fully saturated rings. The summed E-state index contributed by atoms with van der Waals surface area (Å²) in [6, 6.07) is 6.21. The van der Waals surface area contributed by atoms with E-state index in [1.807, 2.05) is 40.0 Å². The molecule has 1 amide bonds. The first kappa shape index (κ1) is 21.9. The molecule has 1 aliphatic heterocycles. The van der Waals surface area contributed by atoms with Crippen molar-refractivity contribution in [1.29, 1.82) is 0 Å². The minimum Gasteiger partial charge on any atom is -0.366 e. The number of rotatable bonds is 5. The highest BCUT2D eigenvalue weighted by molar-refractivity contribution is 5.91. The number of aromatic nitrogens is 5. The highest BCUT2D eigenvalue weighted by Gasteiger charge is 2.19. The topological polar surface area (TPSA) is 101 Å². The van der Waals surface area contributed by atoms with Crippen LogP contribution in [0.25, 0.3) is 11.3 Å². The predicted octanol–water partition coefficient (Wildman–Crippen LogP) is 2.14. The third-order valence-electron chi connectivity index (χ3n) is 5.62. The lowest BCUT2D eigenvalue weighted by Crippen LogP contribution is -2.43.